The number of rotatable bonds is 11. The van der Waals surface area contributed by atoms with E-state index in [4.69, 9.17) is 14.2 Å². The van der Waals surface area contributed by atoms with Crippen LogP contribution >= 0.6 is 0 Å². The zero-order valence-electron chi connectivity index (χ0n) is 21.9. The van der Waals surface area contributed by atoms with Crippen molar-refractivity contribution < 1.29 is 23.8 Å². The lowest BCUT2D eigenvalue weighted by molar-refractivity contribution is -0.141. The van der Waals surface area contributed by atoms with Crippen LogP contribution in [0.15, 0.2) is 18.3 Å². The summed E-state index contributed by atoms with van der Waals surface area (Å²) in [6, 6.07) is 1.94. The van der Waals surface area contributed by atoms with Crippen LogP contribution in [-0.4, -0.2) is 69.7 Å². The molecule has 33 heavy (non-hydrogen) atoms. The maximum Gasteiger partial charge on any atom is 0.310 e. The van der Waals surface area contributed by atoms with Gasteiger partial charge in [-0.2, -0.15) is 0 Å². The van der Waals surface area contributed by atoms with E-state index in [0.717, 1.165) is 11.1 Å². The number of amides is 1. The first-order chi connectivity index (χ1) is 15.4. The number of fused-ring (bicyclic) bond motifs is 1. The van der Waals surface area contributed by atoms with Crippen molar-refractivity contribution >= 4 is 33.6 Å². The Morgan fingerprint density at radius 2 is 1.55 bits per heavy atom. The lowest BCUT2D eigenvalue weighted by Gasteiger charge is -2.38. The molecule has 7 nitrogen and oxygen atoms in total. The first kappa shape index (κ1) is 27.6. The van der Waals surface area contributed by atoms with Crippen molar-refractivity contribution in [3.8, 4) is 0 Å². The van der Waals surface area contributed by atoms with Crippen molar-refractivity contribution in [2.75, 3.05) is 26.4 Å². The van der Waals surface area contributed by atoms with E-state index in [0.29, 0.717) is 32.1 Å². The molecule has 0 aliphatic carbocycles. The highest BCUT2D eigenvalue weighted by Gasteiger charge is 2.41. The van der Waals surface area contributed by atoms with Gasteiger partial charge in [-0.05, 0) is 32.4 Å². The van der Waals surface area contributed by atoms with E-state index in [-0.39, 0.29) is 30.0 Å². The maximum atomic E-state index is 14.1. The van der Waals surface area contributed by atoms with E-state index < -0.39 is 16.1 Å². The molecule has 186 valence electrons. The number of hydrogen-bond acceptors (Lipinski definition) is 5. The largest absolute Gasteiger partial charge is 0.466 e. The average molecular weight is 495 g/mol. The zero-order chi connectivity index (χ0) is 25.0. The van der Waals surface area contributed by atoms with Gasteiger partial charge in [0.2, 0.25) is 0 Å². The monoisotopic (exact) mass is 494 g/mol. The second-order valence-electron chi connectivity index (χ2n) is 10.5. The fraction of sp³-hybridized carbons (Fsp3) is 0.667. The predicted octanol–water partition coefficient (Wildman–Crippen LogP) is 4.93. The Balaban J connectivity index is 2.68. The van der Waals surface area contributed by atoms with Gasteiger partial charge in [0.25, 0.3) is 5.91 Å². The molecule has 2 rings (SSSR count). The summed E-state index contributed by atoms with van der Waals surface area (Å²) >= 11 is 0. The number of esters is 1. The van der Waals surface area contributed by atoms with Gasteiger partial charge in [0.05, 0.1) is 13.0 Å². The number of nitrogens with zero attached hydrogens (tertiary/aromatic N) is 2. The third kappa shape index (κ3) is 6.46. The highest BCUT2D eigenvalue weighted by atomic mass is 28.3. The van der Waals surface area contributed by atoms with E-state index in [1.807, 2.05) is 41.7 Å². The van der Waals surface area contributed by atoms with Gasteiger partial charge in [0.1, 0.15) is 33.5 Å². The molecule has 0 spiro atoms. The van der Waals surface area contributed by atoms with Crippen LogP contribution in [0.25, 0.3) is 5.57 Å². The minimum Gasteiger partial charge on any atom is -0.466 e. The molecular formula is C24H42N2O5Si2. The van der Waals surface area contributed by atoms with Gasteiger partial charge < -0.3 is 23.7 Å². The summed E-state index contributed by atoms with van der Waals surface area (Å²) in [6.45, 7) is 20.9. The molecule has 1 aromatic rings. The smallest absolute Gasteiger partial charge is 0.310 e. The Morgan fingerprint density at radius 1 is 0.970 bits per heavy atom. The van der Waals surface area contributed by atoms with Crippen LogP contribution in [0.1, 0.15) is 49.1 Å². The van der Waals surface area contributed by atoms with Gasteiger partial charge in [0.15, 0.2) is 0 Å². The fourth-order valence-electron chi connectivity index (χ4n) is 4.27. The third-order valence-corrected chi connectivity index (χ3v) is 9.45. The molecule has 0 aromatic carbocycles. The van der Waals surface area contributed by atoms with Crippen LogP contribution in [0.3, 0.4) is 0 Å². The van der Waals surface area contributed by atoms with Crippen molar-refractivity contribution in [3.05, 3.63) is 29.6 Å². The summed E-state index contributed by atoms with van der Waals surface area (Å²) in [5, 5.41) is 0. The number of aromatic nitrogens is 1. The van der Waals surface area contributed by atoms with Crippen LogP contribution in [0, 0.1) is 0 Å². The van der Waals surface area contributed by atoms with Crippen LogP contribution in [0.2, 0.25) is 39.3 Å². The van der Waals surface area contributed by atoms with E-state index >= 15 is 0 Å². The standard InChI is InChI=1S/C24H42N2O5Si2/c1-10-29-20(27)17-18-13-15-26(24(31-12-3)33(7,8)9)22(28)21-19(18)14-16-25(21)23(30-11-2)32(4,5)6/h13-14,16,23-24H,10-12,15,17H2,1-9H3. The van der Waals surface area contributed by atoms with Crippen molar-refractivity contribution in [2.24, 2.45) is 0 Å². The Kier molecular flexibility index (Phi) is 9.32. The molecule has 2 atom stereocenters. The molecule has 0 bridgehead atoms. The number of hydrogen-bond donors (Lipinski definition) is 0. The fourth-order valence-corrected chi connectivity index (χ4v) is 7.81. The normalized spacial score (nSPS) is 16.7. The molecular weight excluding hydrogens is 452 g/mol. The second kappa shape index (κ2) is 11.2. The first-order valence-corrected chi connectivity index (χ1v) is 19.1. The Morgan fingerprint density at radius 3 is 2.06 bits per heavy atom. The molecule has 1 aliphatic heterocycles. The topological polar surface area (TPSA) is 70.0 Å². The quantitative estimate of drug-likeness (QED) is 0.322. The van der Waals surface area contributed by atoms with E-state index in [2.05, 4.69) is 39.3 Å². The van der Waals surface area contributed by atoms with Gasteiger partial charge in [-0.25, -0.2) is 0 Å². The molecule has 2 heterocycles. The minimum absolute atomic E-state index is 0.0751. The predicted molar refractivity (Wildman–Crippen MR) is 137 cm³/mol. The van der Waals surface area contributed by atoms with Crippen LogP contribution in [0.4, 0.5) is 0 Å². The molecule has 0 fully saturated rings. The third-order valence-electron chi connectivity index (χ3n) is 5.57. The summed E-state index contributed by atoms with van der Waals surface area (Å²) in [6.07, 6.45) is 4.06. The molecule has 9 heteroatoms. The molecule has 0 saturated carbocycles. The SMILES string of the molecule is CCOC(=O)CC1=CCN(C(OCC)[Si](C)(C)C)C(=O)c2c1ccn2C(OCC)[Si](C)(C)C. The molecule has 1 amide bonds. The minimum atomic E-state index is -1.89. The Labute approximate surface area is 201 Å². The Hall–Kier alpha value is -1.69. The van der Waals surface area contributed by atoms with Gasteiger partial charge in [-0.1, -0.05) is 45.4 Å². The summed E-state index contributed by atoms with van der Waals surface area (Å²) in [5.41, 5.74) is 2.17. The lowest BCUT2D eigenvalue weighted by Crippen LogP contribution is -2.55. The van der Waals surface area contributed by atoms with E-state index in [9.17, 15) is 9.59 Å². The number of carbonyl (C=O) groups excluding carboxylic acids is 2. The van der Waals surface area contributed by atoms with Crippen molar-refractivity contribution in [1.82, 2.24) is 9.47 Å². The van der Waals surface area contributed by atoms with Crippen LogP contribution in [-0.2, 0) is 19.0 Å². The van der Waals surface area contributed by atoms with Crippen LogP contribution in [0.5, 0.6) is 0 Å². The highest BCUT2D eigenvalue weighted by molar-refractivity contribution is 6.77. The number of carbonyl (C=O) groups is 2. The van der Waals surface area contributed by atoms with Crippen molar-refractivity contribution in [3.63, 3.8) is 0 Å². The molecule has 0 N–H and O–H groups in total. The molecule has 1 aromatic heterocycles. The van der Waals surface area contributed by atoms with Gasteiger partial charge in [0, 0.05) is 31.5 Å². The second-order valence-corrected chi connectivity index (χ2v) is 21.0. The van der Waals surface area contributed by atoms with Crippen LogP contribution < -0.4 is 0 Å². The summed E-state index contributed by atoms with van der Waals surface area (Å²) in [5.74, 6) is -0.839. The molecule has 0 saturated heterocycles. The van der Waals surface area contributed by atoms with Gasteiger partial charge in [-0.3, -0.25) is 9.59 Å². The van der Waals surface area contributed by atoms with E-state index in [1.54, 1.807) is 6.92 Å². The summed E-state index contributed by atoms with van der Waals surface area (Å²) in [7, 11) is -3.74. The summed E-state index contributed by atoms with van der Waals surface area (Å²) < 4.78 is 19.6. The van der Waals surface area contributed by atoms with Gasteiger partial charge >= 0.3 is 5.97 Å². The lowest BCUT2D eigenvalue weighted by atomic mass is 10.0. The maximum absolute atomic E-state index is 14.1. The van der Waals surface area contributed by atoms with Crippen molar-refractivity contribution in [2.45, 2.75) is 78.2 Å². The molecule has 0 radical (unpaired) electrons. The van der Waals surface area contributed by atoms with Crippen molar-refractivity contribution in [1.29, 1.82) is 0 Å². The molecule has 1 aliphatic rings. The average Bonchev–Trinajstić information content (AvgIpc) is 3.07. The van der Waals surface area contributed by atoms with E-state index in [1.165, 1.54) is 0 Å². The highest BCUT2D eigenvalue weighted by Crippen LogP contribution is 2.34. The summed E-state index contributed by atoms with van der Waals surface area (Å²) in [4.78, 5) is 28.4. The molecule has 2 unspecified atom stereocenters. The first-order valence-electron chi connectivity index (χ1n) is 12.0. The number of ether oxygens (including phenoxy) is 3. The Bertz CT molecular complexity index is 867. The zero-order valence-corrected chi connectivity index (χ0v) is 23.9. The van der Waals surface area contributed by atoms with Gasteiger partial charge in [-0.15, -0.1) is 0 Å².